The summed E-state index contributed by atoms with van der Waals surface area (Å²) in [7, 11) is 0. The van der Waals surface area contributed by atoms with Crippen LogP contribution in [-0.4, -0.2) is 0 Å². The third-order valence-electron chi connectivity index (χ3n) is 3.69. The van der Waals surface area contributed by atoms with Crippen molar-refractivity contribution in [2.45, 2.75) is 25.7 Å². The molecule has 0 nitrogen and oxygen atoms in total. The molecule has 2 heteroatoms. The Bertz CT molecular complexity index is 531. The van der Waals surface area contributed by atoms with Gasteiger partial charge in [-0.1, -0.05) is 0 Å². The fourth-order valence-electron chi connectivity index (χ4n) is 2.92. The highest BCUT2D eigenvalue weighted by molar-refractivity contribution is 7.12. The fourth-order valence-corrected chi connectivity index (χ4v) is 5.03. The first kappa shape index (κ1) is 9.20. The topological polar surface area (TPSA) is 0 Å². The van der Waals surface area contributed by atoms with Crippen molar-refractivity contribution in [3.8, 4) is 0 Å². The molecule has 2 heterocycles. The summed E-state index contributed by atoms with van der Waals surface area (Å²) in [6, 6.07) is 4.61. The molecule has 80 valence electrons. The molecule has 0 unspecified atom stereocenters. The molecule has 0 saturated carbocycles. The summed E-state index contributed by atoms with van der Waals surface area (Å²) >= 11 is 3.86. The second kappa shape index (κ2) is 3.31. The number of rotatable bonds is 0. The Balaban J connectivity index is 1.94. The van der Waals surface area contributed by atoms with Crippen LogP contribution >= 0.6 is 22.7 Å². The van der Waals surface area contributed by atoms with Crippen LogP contribution in [0.3, 0.4) is 0 Å². The van der Waals surface area contributed by atoms with Gasteiger partial charge in [-0.25, -0.2) is 0 Å². The molecule has 4 rings (SSSR count). The van der Waals surface area contributed by atoms with Gasteiger partial charge in [0.2, 0.25) is 0 Å². The lowest BCUT2D eigenvalue weighted by Crippen LogP contribution is -1.80. The first-order valence-electron chi connectivity index (χ1n) is 5.79. The van der Waals surface area contributed by atoms with E-state index >= 15 is 0 Å². The van der Waals surface area contributed by atoms with Gasteiger partial charge in [0.15, 0.2) is 0 Å². The molecule has 0 bridgehead atoms. The molecule has 0 aliphatic heterocycles. The van der Waals surface area contributed by atoms with E-state index in [-0.39, 0.29) is 0 Å². The van der Waals surface area contributed by atoms with Crippen LogP contribution in [0, 0.1) is 0 Å². The molecule has 0 atom stereocenters. The molecule has 2 aliphatic carbocycles. The van der Waals surface area contributed by atoms with Gasteiger partial charge < -0.3 is 0 Å². The number of aryl methyl sites for hydroxylation is 2. The first-order valence-corrected chi connectivity index (χ1v) is 7.55. The monoisotopic (exact) mass is 244 g/mol. The van der Waals surface area contributed by atoms with Gasteiger partial charge in [-0.3, -0.25) is 0 Å². The van der Waals surface area contributed by atoms with Gasteiger partial charge in [-0.15, -0.1) is 22.7 Å². The highest BCUT2D eigenvalue weighted by Gasteiger charge is 2.26. The Labute approximate surface area is 103 Å². The minimum absolute atomic E-state index is 1.26. The summed E-state index contributed by atoms with van der Waals surface area (Å²) < 4.78 is 0. The van der Waals surface area contributed by atoms with Crippen molar-refractivity contribution in [3.63, 3.8) is 0 Å². The van der Waals surface area contributed by atoms with Crippen molar-refractivity contribution in [1.29, 1.82) is 0 Å². The zero-order valence-electron chi connectivity index (χ0n) is 8.95. The summed E-state index contributed by atoms with van der Waals surface area (Å²) in [5, 5.41) is 4.49. The zero-order valence-corrected chi connectivity index (χ0v) is 10.6. The third kappa shape index (κ3) is 1.14. The van der Waals surface area contributed by atoms with Gasteiger partial charge in [0.05, 0.1) is 0 Å². The molecule has 16 heavy (non-hydrogen) atoms. The van der Waals surface area contributed by atoms with Gasteiger partial charge >= 0.3 is 0 Å². The lowest BCUT2D eigenvalue weighted by Gasteiger charge is -2.03. The van der Waals surface area contributed by atoms with E-state index in [2.05, 4.69) is 22.9 Å². The van der Waals surface area contributed by atoms with E-state index in [4.69, 9.17) is 0 Å². The average Bonchev–Trinajstić information content (AvgIpc) is 2.97. The quantitative estimate of drug-likeness (QED) is 0.634. The van der Waals surface area contributed by atoms with Crippen molar-refractivity contribution in [2.75, 3.05) is 0 Å². The molecule has 0 amide bonds. The zero-order chi connectivity index (χ0) is 10.5. The lowest BCUT2D eigenvalue weighted by atomic mass is 10.1. The van der Waals surface area contributed by atoms with Crippen LogP contribution in [0.25, 0.3) is 11.1 Å². The summed E-state index contributed by atoms with van der Waals surface area (Å²) in [6.07, 6.45) is 5.07. The smallest absolute Gasteiger partial charge is 0.0337 e. The Morgan fingerprint density at radius 2 is 1.19 bits per heavy atom. The van der Waals surface area contributed by atoms with Crippen LogP contribution in [-0.2, 0) is 12.8 Å². The van der Waals surface area contributed by atoms with E-state index in [0.29, 0.717) is 0 Å². The standard InChI is InChI=1S/C14H12S2/c1-3-11(13-9(1)5-7-15-13)12-4-2-10-6-8-16-14(10)12/h5-8H,1-4H2. The number of hydrogen-bond donors (Lipinski definition) is 0. The maximum Gasteiger partial charge on any atom is 0.0337 e. The molecule has 0 aromatic carbocycles. The predicted molar refractivity (Wildman–Crippen MR) is 72.1 cm³/mol. The maximum absolute atomic E-state index is 2.30. The molecule has 0 radical (unpaired) electrons. The summed E-state index contributed by atoms with van der Waals surface area (Å²) in [4.78, 5) is 3.16. The molecule has 0 saturated heterocycles. The van der Waals surface area contributed by atoms with Crippen molar-refractivity contribution in [2.24, 2.45) is 0 Å². The summed E-state index contributed by atoms with van der Waals surface area (Å²) in [5.41, 5.74) is 6.48. The number of fused-ring (bicyclic) bond motifs is 2. The first-order chi connectivity index (χ1) is 7.93. The second-order valence-electron chi connectivity index (χ2n) is 4.51. The molecule has 2 aromatic heterocycles. The summed E-state index contributed by atoms with van der Waals surface area (Å²) in [5.74, 6) is 0. The molecular formula is C14H12S2. The minimum atomic E-state index is 1.26. The normalized spacial score (nSPS) is 22.5. The van der Waals surface area contributed by atoms with Crippen molar-refractivity contribution < 1.29 is 0 Å². The maximum atomic E-state index is 2.30. The minimum Gasteiger partial charge on any atom is -0.144 e. The SMILES string of the molecule is c1cc2c(s1)C(=C1CCc3ccsc31)CC2. The molecule has 0 fully saturated rings. The molecule has 2 aliphatic rings. The molecule has 0 N–H and O–H groups in total. The highest BCUT2D eigenvalue weighted by Crippen LogP contribution is 2.47. The Kier molecular flexibility index (Phi) is 1.91. The van der Waals surface area contributed by atoms with Crippen LogP contribution in [0.15, 0.2) is 22.9 Å². The summed E-state index contributed by atoms with van der Waals surface area (Å²) in [6.45, 7) is 0. The molecule has 2 aromatic rings. The largest absolute Gasteiger partial charge is 0.144 e. The van der Waals surface area contributed by atoms with Gasteiger partial charge in [0, 0.05) is 9.75 Å². The van der Waals surface area contributed by atoms with Gasteiger partial charge in [0.25, 0.3) is 0 Å². The van der Waals surface area contributed by atoms with Crippen molar-refractivity contribution in [3.05, 3.63) is 43.8 Å². The van der Waals surface area contributed by atoms with Gasteiger partial charge in [0.1, 0.15) is 0 Å². The highest BCUT2D eigenvalue weighted by atomic mass is 32.1. The molecule has 0 spiro atoms. The van der Waals surface area contributed by atoms with Crippen LogP contribution in [0.5, 0.6) is 0 Å². The second-order valence-corrected chi connectivity index (χ2v) is 6.34. The van der Waals surface area contributed by atoms with Crippen LogP contribution in [0.1, 0.15) is 33.7 Å². The van der Waals surface area contributed by atoms with E-state index in [1.165, 1.54) is 25.7 Å². The Hall–Kier alpha value is -0.860. The molecular weight excluding hydrogens is 232 g/mol. The van der Waals surface area contributed by atoms with E-state index in [0.717, 1.165) is 0 Å². The van der Waals surface area contributed by atoms with E-state index in [9.17, 15) is 0 Å². The number of allylic oxidation sites excluding steroid dienone is 2. The van der Waals surface area contributed by atoms with E-state index in [1.807, 2.05) is 22.7 Å². The predicted octanol–water partition coefficient (Wildman–Crippen LogP) is 4.61. The van der Waals surface area contributed by atoms with E-state index in [1.54, 1.807) is 32.0 Å². The fraction of sp³-hybridized carbons (Fsp3) is 0.286. The third-order valence-corrected chi connectivity index (χ3v) is 5.73. The van der Waals surface area contributed by atoms with E-state index < -0.39 is 0 Å². The number of hydrogen-bond acceptors (Lipinski definition) is 2. The van der Waals surface area contributed by atoms with Crippen molar-refractivity contribution >= 4 is 33.8 Å². The lowest BCUT2D eigenvalue weighted by molar-refractivity contribution is 1.06. The van der Waals surface area contributed by atoms with Crippen LogP contribution in [0.4, 0.5) is 0 Å². The Morgan fingerprint density at radius 3 is 1.69 bits per heavy atom. The van der Waals surface area contributed by atoms with Gasteiger partial charge in [-0.2, -0.15) is 0 Å². The van der Waals surface area contributed by atoms with Crippen LogP contribution in [0.2, 0.25) is 0 Å². The Morgan fingerprint density at radius 1 is 0.688 bits per heavy atom. The average molecular weight is 244 g/mol. The number of thiophene rings is 2. The van der Waals surface area contributed by atoms with Crippen molar-refractivity contribution in [1.82, 2.24) is 0 Å². The van der Waals surface area contributed by atoms with Crippen LogP contribution < -0.4 is 0 Å². The van der Waals surface area contributed by atoms with Gasteiger partial charge in [-0.05, 0) is 70.8 Å².